The Morgan fingerprint density at radius 1 is 1.23 bits per heavy atom. The standard InChI is InChI=1S/C19H12ClF2N5O2S/c20-10-2-1-3-12(6-10)27-17-13(8-23-27)18(29)26-19(25-17)30-9-16(28)24-15-5-4-11(21)7-14(15)22/h1-8H,9H2,(H,24,28)(H,25,26,29). The van der Waals surface area contributed by atoms with Gasteiger partial charge in [0.2, 0.25) is 5.91 Å². The number of aromatic nitrogens is 4. The summed E-state index contributed by atoms with van der Waals surface area (Å²) in [4.78, 5) is 31.4. The van der Waals surface area contributed by atoms with E-state index in [0.717, 1.165) is 23.9 Å². The van der Waals surface area contributed by atoms with Crippen LogP contribution in [0.1, 0.15) is 0 Å². The molecule has 2 aromatic heterocycles. The summed E-state index contributed by atoms with van der Waals surface area (Å²) in [6.07, 6.45) is 1.39. The van der Waals surface area contributed by atoms with Crippen LogP contribution in [0.2, 0.25) is 5.02 Å². The van der Waals surface area contributed by atoms with Gasteiger partial charge in [-0.05, 0) is 30.3 Å². The molecule has 0 unspecified atom stereocenters. The van der Waals surface area contributed by atoms with Crippen molar-refractivity contribution in [1.82, 2.24) is 19.7 Å². The number of carbonyl (C=O) groups excluding carboxylic acids is 1. The van der Waals surface area contributed by atoms with Crippen molar-refractivity contribution in [3.05, 3.63) is 75.7 Å². The van der Waals surface area contributed by atoms with Crippen LogP contribution in [-0.2, 0) is 4.79 Å². The Morgan fingerprint density at radius 3 is 2.83 bits per heavy atom. The third-order valence-electron chi connectivity index (χ3n) is 4.01. The zero-order chi connectivity index (χ0) is 21.3. The molecule has 0 radical (unpaired) electrons. The maximum atomic E-state index is 13.7. The first-order valence-corrected chi connectivity index (χ1v) is 9.89. The molecule has 0 atom stereocenters. The van der Waals surface area contributed by atoms with Crippen molar-refractivity contribution in [3.63, 3.8) is 0 Å². The Kier molecular flexibility index (Phi) is 5.51. The van der Waals surface area contributed by atoms with Gasteiger partial charge >= 0.3 is 0 Å². The Morgan fingerprint density at radius 2 is 2.07 bits per heavy atom. The van der Waals surface area contributed by atoms with Crippen LogP contribution in [0.15, 0.2) is 58.6 Å². The molecular weight excluding hydrogens is 436 g/mol. The number of aromatic amines is 1. The van der Waals surface area contributed by atoms with Gasteiger partial charge in [0.25, 0.3) is 5.56 Å². The van der Waals surface area contributed by atoms with Crippen LogP contribution in [0, 0.1) is 11.6 Å². The molecule has 0 saturated carbocycles. The number of halogens is 3. The quantitative estimate of drug-likeness (QED) is 0.359. The van der Waals surface area contributed by atoms with Gasteiger partial charge in [-0.15, -0.1) is 0 Å². The summed E-state index contributed by atoms with van der Waals surface area (Å²) < 4.78 is 28.1. The second kappa shape index (κ2) is 8.25. The van der Waals surface area contributed by atoms with Gasteiger partial charge in [0.15, 0.2) is 10.8 Å². The number of rotatable bonds is 5. The molecule has 0 aliphatic carbocycles. The van der Waals surface area contributed by atoms with Crippen molar-refractivity contribution < 1.29 is 13.6 Å². The average molecular weight is 448 g/mol. The predicted molar refractivity (Wildman–Crippen MR) is 110 cm³/mol. The van der Waals surface area contributed by atoms with E-state index in [1.165, 1.54) is 10.9 Å². The molecule has 0 bridgehead atoms. The fraction of sp³-hybridized carbons (Fsp3) is 0.0526. The summed E-state index contributed by atoms with van der Waals surface area (Å²) in [5.74, 6) is -2.33. The Balaban J connectivity index is 1.55. The molecule has 0 spiro atoms. The maximum absolute atomic E-state index is 13.7. The fourth-order valence-corrected chi connectivity index (χ4v) is 3.51. The Bertz CT molecular complexity index is 1320. The molecule has 4 aromatic rings. The van der Waals surface area contributed by atoms with E-state index in [0.29, 0.717) is 22.4 Å². The van der Waals surface area contributed by atoms with Gasteiger partial charge in [-0.3, -0.25) is 9.59 Å². The number of nitrogens with one attached hydrogen (secondary N) is 2. The monoisotopic (exact) mass is 447 g/mol. The van der Waals surface area contributed by atoms with Crippen molar-refractivity contribution in [1.29, 1.82) is 0 Å². The van der Waals surface area contributed by atoms with Crippen molar-refractivity contribution in [2.24, 2.45) is 0 Å². The van der Waals surface area contributed by atoms with Crippen LogP contribution in [0.5, 0.6) is 0 Å². The number of H-pyrrole nitrogens is 1. The largest absolute Gasteiger partial charge is 0.323 e. The summed E-state index contributed by atoms with van der Waals surface area (Å²) in [7, 11) is 0. The van der Waals surface area contributed by atoms with Crippen molar-refractivity contribution in [2.75, 3.05) is 11.1 Å². The molecule has 11 heteroatoms. The van der Waals surface area contributed by atoms with Crippen molar-refractivity contribution in [2.45, 2.75) is 5.16 Å². The van der Waals surface area contributed by atoms with Gasteiger partial charge in [-0.1, -0.05) is 29.4 Å². The minimum atomic E-state index is -0.883. The lowest BCUT2D eigenvalue weighted by atomic mass is 10.3. The molecule has 0 fully saturated rings. The van der Waals surface area contributed by atoms with Gasteiger partial charge < -0.3 is 10.3 Å². The zero-order valence-corrected chi connectivity index (χ0v) is 16.6. The molecule has 2 heterocycles. The van der Waals surface area contributed by atoms with E-state index in [4.69, 9.17) is 11.6 Å². The van der Waals surface area contributed by atoms with Gasteiger partial charge in [-0.2, -0.15) is 5.10 Å². The van der Waals surface area contributed by atoms with Crippen LogP contribution >= 0.6 is 23.4 Å². The summed E-state index contributed by atoms with van der Waals surface area (Å²) >= 11 is 6.97. The Labute approximate surface area is 177 Å². The average Bonchev–Trinajstić information content (AvgIpc) is 3.13. The summed E-state index contributed by atoms with van der Waals surface area (Å²) in [6.45, 7) is 0. The van der Waals surface area contributed by atoms with Crippen molar-refractivity contribution in [3.8, 4) is 5.69 Å². The van der Waals surface area contributed by atoms with E-state index in [1.54, 1.807) is 24.3 Å². The van der Waals surface area contributed by atoms with E-state index in [1.807, 2.05) is 0 Å². The molecule has 0 aliphatic heterocycles. The molecule has 4 rings (SSSR count). The molecule has 152 valence electrons. The van der Waals surface area contributed by atoms with Gasteiger partial charge in [0, 0.05) is 11.1 Å². The summed E-state index contributed by atoms with van der Waals surface area (Å²) in [5, 5.41) is 7.50. The molecular formula is C19H12ClF2N5O2S. The summed E-state index contributed by atoms with van der Waals surface area (Å²) in [5.41, 5.74) is 0.364. The second-order valence-electron chi connectivity index (χ2n) is 6.11. The molecule has 1 amide bonds. The van der Waals surface area contributed by atoms with Crippen LogP contribution in [0.4, 0.5) is 14.5 Å². The number of nitrogens with zero attached hydrogens (tertiary/aromatic N) is 3. The molecule has 30 heavy (non-hydrogen) atoms. The minimum Gasteiger partial charge on any atom is -0.323 e. The zero-order valence-electron chi connectivity index (χ0n) is 15.0. The topological polar surface area (TPSA) is 92.7 Å². The molecule has 2 N–H and O–H groups in total. The third-order valence-corrected chi connectivity index (χ3v) is 5.12. The SMILES string of the molecule is O=C(CSc1nc2c(cnn2-c2cccc(Cl)c2)c(=O)[nH]1)Nc1ccc(F)cc1F. The third kappa shape index (κ3) is 4.19. The second-order valence-corrected chi connectivity index (χ2v) is 7.51. The first-order valence-electron chi connectivity index (χ1n) is 8.52. The number of hydrogen-bond donors (Lipinski definition) is 2. The van der Waals surface area contributed by atoms with Gasteiger partial charge in [0.1, 0.15) is 17.0 Å². The molecule has 2 aromatic carbocycles. The maximum Gasteiger partial charge on any atom is 0.262 e. The number of amides is 1. The number of carbonyl (C=O) groups is 1. The first-order chi connectivity index (χ1) is 14.4. The van der Waals surface area contributed by atoms with E-state index in [9.17, 15) is 18.4 Å². The highest BCUT2D eigenvalue weighted by Crippen LogP contribution is 2.21. The number of fused-ring (bicyclic) bond motifs is 1. The van der Waals surface area contributed by atoms with Gasteiger partial charge in [-0.25, -0.2) is 18.4 Å². The first kappa shape index (κ1) is 20.0. The summed E-state index contributed by atoms with van der Waals surface area (Å²) in [6, 6.07) is 9.73. The fourth-order valence-electron chi connectivity index (χ4n) is 2.67. The molecule has 0 aliphatic rings. The predicted octanol–water partition coefficient (Wildman–Crippen LogP) is 3.77. The highest BCUT2D eigenvalue weighted by molar-refractivity contribution is 7.99. The lowest BCUT2D eigenvalue weighted by molar-refractivity contribution is -0.113. The minimum absolute atomic E-state index is 0.141. The number of hydrogen-bond acceptors (Lipinski definition) is 5. The number of thioether (sulfide) groups is 1. The van der Waals surface area contributed by atoms with E-state index in [-0.39, 0.29) is 22.0 Å². The number of benzene rings is 2. The highest BCUT2D eigenvalue weighted by atomic mass is 35.5. The smallest absolute Gasteiger partial charge is 0.262 e. The highest BCUT2D eigenvalue weighted by Gasteiger charge is 2.14. The van der Waals surface area contributed by atoms with Crippen LogP contribution in [0.25, 0.3) is 16.7 Å². The van der Waals surface area contributed by atoms with Crippen LogP contribution < -0.4 is 10.9 Å². The lowest BCUT2D eigenvalue weighted by Gasteiger charge is -2.07. The normalized spacial score (nSPS) is 11.0. The van der Waals surface area contributed by atoms with E-state index in [2.05, 4.69) is 20.4 Å². The van der Waals surface area contributed by atoms with Crippen LogP contribution in [0.3, 0.4) is 0 Å². The van der Waals surface area contributed by atoms with Gasteiger partial charge in [0.05, 0.1) is 23.3 Å². The van der Waals surface area contributed by atoms with E-state index < -0.39 is 23.1 Å². The Hall–Kier alpha value is -3.24. The number of anilines is 1. The van der Waals surface area contributed by atoms with Crippen molar-refractivity contribution >= 4 is 46.0 Å². The van der Waals surface area contributed by atoms with Crippen LogP contribution in [-0.4, -0.2) is 31.4 Å². The lowest BCUT2D eigenvalue weighted by Crippen LogP contribution is -2.16. The molecule has 7 nitrogen and oxygen atoms in total. The molecule has 0 saturated heterocycles. The van der Waals surface area contributed by atoms with E-state index >= 15 is 0 Å².